The minimum atomic E-state index is -0.557. The van der Waals surface area contributed by atoms with Crippen LogP contribution < -0.4 is 5.32 Å². The van der Waals surface area contributed by atoms with E-state index in [9.17, 15) is 9.18 Å². The summed E-state index contributed by atoms with van der Waals surface area (Å²) in [6.07, 6.45) is 2.16. The van der Waals surface area contributed by atoms with Gasteiger partial charge in [-0.2, -0.15) is 0 Å². The molecular formula is C16H20FNO2. The highest BCUT2D eigenvalue weighted by Crippen LogP contribution is 2.11. The summed E-state index contributed by atoms with van der Waals surface area (Å²) in [5, 5.41) is 11.4. The predicted molar refractivity (Wildman–Crippen MR) is 76.8 cm³/mol. The first-order chi connectivity index (χ1) is 9.58. The molecule has 1 atom stereocenters. The number of nitrogens with one attached hydrogen (secondary N) is 1. The van der Waals surface area contributed by atoms with Gasteiger partial charge in [-0.15, -0.1) is 0 Å². The molecule has 0 heterocycles. The molecule has 0 spiro atoms. The molecule has 0 aliphatic rings. The van der Waals surface area contributed by atoms with E-state index in [4.69, 9.17) is 5.11 Å². The SMILES string of the molecule is CCCC(C)NC(=O)c1cc(C#CCCO)ccc1F. The van der Waals surface area contributed by atoms with E-state index < -0.39 is 11.7 Å². The molecule has 0 aromatic heterocycles. The van der Waals surface area contributed by atoms with E-state index in [-0.39, 0.29) is 18.2 Å². The summed E-state index contributed by atoms with van der Waals surface area (Å²) in [5.41, 5.74) is 0.567. The van der Waals surface area contributed by atoms with E-state index >= 15 is 0 Å². The molecule has 1 rings (SSSR count). The fraction of sp³-hybridized carbons (Fsp3) is 0.438. The molecule has 3 nitrogen and oxygen atoms in total. The van der Waals surface area contributed by atoms with Gasteiger partial charge in [-0.1, -0.05) is 25.2 Å². The highest BCUT2D eigenvalue weighted by Gasteiger charge is 2.14. The molecule has 0 fully saturated rings. The van der Waals surface area contributed by atoms with Crippen molar-refractivity contribution in [3.8, 4) is 11.8 Å². The molecule has 0 saturated heterocycles. The van der Waals surface area contributed by atoms with Crippen molar-refractivity contribution in [1.29, 1.82) is 0 Å². The summed E-state index contributed by atoms with van der Waals surface area (Å²) in [7, 11) is 0. The van der Waals surface area contributed by atoms with Crippen LogP contribution in [0.5, 0.6) is 0 Å². The molecule has 1 aromatic carbocycles. The van der Waals surface area contributed by atoms with Crippen molar-refractivity contribution in [2.45, 2.75) is 39.2 Å². The van der Waals surface area contributed by atoms with Gasteiger partial charge in [-0.3, -0.25) is 4.79 Å². The number of amides is 1. The Hall–Kier alpha value is -1.86. The Kier molecular flexibility index (Phi) is 6.75. The summed E-state index contributed by atoms with van der Waals surface area (Å²) < 4.78 is 13.7. The van der Waals surface area contributed by atoms with Crippen LogP contribution in [0.3, 0.4) is 0 Å². The first kappa shape index (κ1) is 16.2. The molecular weight excluding hydrogens is 257 g/mol. The Morgan fingerprint density at radius 3 is 2.90 bits per heavy atom. The van der Waals surface area contributed by atoms with Gasteiger partial charge in [0.15, 0.2) is 0 Å². The number of hydrogen-bond donors (Lipinski definition) is 2. The van der Waals surface area contributed by atoms with E-state index in [0.29, 0.717) is 12.0 Å². The molecule has 0 aliphatic carbocycles. The van der Waals surface area contributed by atoms with Gasteiger partial charge in [0.2, 0.25) is 0 Å². The molecule has 4 heteroatoms. The zero-order valence-electron chi connectivity index (χ0n) is 11.9. The average molecular weight is 277 g/mol. The summed E-state index contributed by atoms with van der Waals surface area (Å²) >= 11 is 0. The number of rotatable bonds is 5. The third-order valence-corrected chi connectivity index (χ3v) is 2.78. The highest BCUT2D eigenvalue weighted by molar-refractivity contribution is 5.95. The molecule has 1 aromatic rings. The van der Waals surface area contributed by atoms with Crippen molar-refractivity contribution in [2.24, 2.45) is 0 Å². The fourth-order valence-corrected chi connectivity index (χ4v) is 1.80. The lowest BCUT2D eigenvalue weighted by molar-refractivity contribution is 0.0934. The van der Waals surface area contributed by atoms with Crippen LogP contribution >= 0.6 is 0 Å². The quantitative estimate of drug-likeness (QED) is 0.812. The van der Waals surface area contributed by atoms with Crippen LogP contribution in [0.4, 0.5) is 4.39 Å². The zero-order chi connectivity index (χ0) is 15.0. The Balaban J connectivity index is 2.86. The van der Waals surface area contributed by atoms with Crippen molar-refractivity contribution in [1.82, 2.24) is 5.32 Å². The maximum absolute atomic E-state index is 13.7. The predicted octanol–water partition coefficient (Wildman–Crippen LogP) is 2.48. The van der Waals surface area contributed by atoms with Crippen molar-refractivity contribution >= 4 is 5.91 Å². The van der Waals surface area contributed by atoms with Gasteiger partial charge in [0.05, 0.1) is 12.2 Å². The van der Waals surface area contributed by atoms with Gasteiger partial charge in [0.1, 0.15) is 5.82 Å². The van der Waals surface area contributed by atoms with E-state index in [1.165, 1.54) is 18.2 Å². The van der Waals surface area contributed by atoms with Crippen LogP contribution in [0.25, 0.3) is 0 Å². The Bertz CT molecular complexity index is 517. The van der Waals surface area contributed by atoms with Crippen molar-refractivity contribution < 1.29 is 14.3 Å². The topological polar surface area (TPSA) is 49.3 Å². The number of aliphatic hydroxyl groups is 1. The second-order valence-corrected chi connectivity index (χ2v) is 4.63. The summed E-state index contributed by atoms with van der Waals surface area (Å²) in [6.45, 7) is 3.90. The maximum atomic E-state index is 13.7. The number of aliphatic hydroxyl groups excluding tert-OH is 1. The van der Waals surface area contributed by atoms with E-state index in [0.717, 1.165) is 12.8 Å². The molecule has 1 amide bonds. The number of halogens is 1. The van der Waals surface area contributed by atoms with Crippen LogP contribution in [-0.2, 0) is 0 Å². The lowest BCUT2D eigenvalue weighted by atomic mass is 10.1. The first-order valence-corrected chi connectivity index (χ1v) is 6.78. The first-order valence-electron chi connectivity index (χ1n) is 6.78. The largest absolute Gasteiger partial charge is 0.395 e. The maximum Gasteiger partial charge on any atom is 0.254 e. The normalized spacial score (nSPS) is 11.4. The molecule has 0 saturated carbocycles. The van der Waals surface area contributed by atoms with Crippen LogP contribution in [0.2, 0.25) is 0 Å². The van der Waals surface area contributed by atoms with Crippen LogP contribution in [0.1, 0.15) is 49.0 Å². The monoisotopic (exact) mass is 277 g/mol. The van der Waals surface area contributed by atoms with Crippen LogP contribution in [0.15, 0.2) is 18.2 Å². The van der Waals surface area contributed by atoms with Crippen LogP contribution in [0, 0.1) is 17.7 Å². The van der Waals surface area contributed by atoms with Crippen molar-refractivity contribution in [3.63, 3.8) is 0 Å². The van der Waals surface area contributed by atoms with Gasteiger partial charge in [-0.25, -0.2) is 4.39 Å². The standard InChI is InChI=1S/C16H20FNO2/c1-3-6-12(2)18-16(20)14-11-13(7-4-5-10-19)8-9-15(14)17/h8-9,11-12,19H,3,5-6,10H2,1-2H3,(H,18,20). The Morgan fingerprint density at radius 2 is 2.25 bits per heavy atom. The van der Waals surface area contributed by atoms with Crippen molar-refractivity contribution in [3.05, 3.63) is 35.1 Å². The summed E-state index contributed by atoms with van der Waals surface area (Å²) in [5.74, 6) is 4.56. The average Bonchev–Trinajstić information content (AvgIpc) is 2.41. The van der Waals surface area contributed by atoms with Gasteiger partial charge in [0, 0.05) is 18.0 Å². The minimum absolute atomic E-state index is 0.00347. The molecule has 20 heavy (non-hydrogen) atoms. The second-order valence-electron chi connectivity index (χ2n) is 4.63. The number of carbonyl (C=O) groups is 1. The second kappa shape index (κ2) is 8.34. The molecule has 0 bridgehead atoms. The summed E-state index contributed by atoms with van der Waals surface area (Å²) in [6, 6.07) is 4.21. The third kappa shape index (κ3) is 5.02. The summed E-state index contributed by atoms with van der Waals surface area (Å²) in [4.78, 5) is 12.0. The molecule has 1 unspecified atom stereocenters. The Morgan fingerprint density at radius 1 is 1.50 bits per heavy atom. The number of hydrogen-bond acceptors (Lipinski definition) is 2. The van der Waals surface area contributed by atoms with E-state index in [1.54, 1.807) is 0 Å². The Labute approximate surface area is 119 Å². The fourth-order valence-electron chi connectivity index (χ4n) is 1.80. The lowest BCUT2D eigenvalue weighted by Crippen LogP contribution is -2.33. The van der Waals surface area contributed by atoms with Gasteiger partial charge >= 0.3 is 0 Å². The molecule has 2 N–H and O–H groups in total. The highest BCUT2D eigenvalue weighted by atomic mass is 19.1. The van der Waals surface area contributed by atoms with Gasteiger partial charge < -0.3 is 10.4 Å². The molecule has 0 radical (unpaired) electrons. The van der Waals surface area contributed by atoms with Gasteiger partial charge in [-0.05, 0) is 31.5 Å². The zero-order valence-corrected chi connectivity index (χ0v) is 11.9. The van der Waals surface area contributed by atoms with Gasteiger partial charge in [0.25, 0.3) is 5.91 Å². The number of benzene rings is 1. The molecule has 108 valence electrons. The molecule has 0 aliphatic heterocycles. The van der Waals surface area contributed by atoms with E-state index in [1.807, 2.05) is 13.8 Å². The third-order valence-electron chi connectivity index (χ3n) is 2.78. The lowest BCUT2D eigenvalue weighted by Gasteiger charge is -2.13. The van der Waals surface area contributed by atoms with Crippen molar-refractivity contribution in [2.75, 3.05) is 6.61 Å². The van der Waals surface area contributed by atoms with Crippen LogP contribution in [-0.4, -0.2) is 23.7 Å². The smallest absolute Gasteiger partial charge is 0.254 e. The van der Waals surface area contributed by atoms with E-state index in [2.05, 4.69) is 17.2 Å². The minimum Gasteiger partial charge on any atom is -0.395 e. The number of carbonyl (C=O) groups excluding carboxylic acids is 1.